The number of amides is 1. The van der Waals surface area contributed by atoms with Gasteiger partial charge in [-0.25, -0.2) is 0 Å². The molecular formula is C21H25BrN2O4. The van der Waals surface area contributed by atoms with E-state index in [1.54, 1.807) is 7.11 Å². The van der Waals surface area contributed by atoms with Gasteiger partial charge in [0.2, 0.25) is 0 Å². The van der Waals surface area contributed by atoms with Crippen LogP contribution in [0.25, 0.3) is 0 Å². The lowest BCUT2D eigenvalue weighted by atomic mass is 9.52. The van der Waals surface area contributed by atoms with Crippen LogP contribution in [0.2, 0.25) is 0 Å². The number of likely N-dealkylation sites (tertiary alicyclic amines) is 1. The number of carbonyl (C=O) groups excluding carboxylic acids is 1. The van der Waals surface area contributed by atoms with Crippen LogP contribution in [-0.2, 0) is 16.6 Å². The van der Waals surface area contributed by atoms with Gasteiger partial charge in [-0.2, -0.15) is 0 Å². The highest BCUT2D eigenvalue weighted by molar-refractivity contribution is 9.10. The van der Waals surface area contributed by atoms with Crippen LogP contribution in [-0.4, -0.2) is 60.4 Å². The van der Waals surface area contributed by atoms with E-state index in [1.165, 1.54) is 18.4 Å². The van der Waals surface area contributed by atoms with Crippen LogP contribution in [0.15, 0.2) is 10.5 Å². The van der Waals surface area contributed by atoms with Crippen molar-refractivity contribution in [2.24, 2.45) is 5.92 Å². The minimum atomic E-state index is -0.985. The summed E-state index contributed by atoms with van der Waals surface area (Å²) >= 11 is 3.62. The molecule has 1 aromatic rings. The van der Waals surface area contributed by atoms with Crippen LogP contribution in [0.3, 0.4) is 0 Å². The predicted octanol–water partition coefficient (Wildman–Crippen LogP) is 1.75. The van der Waals surface area contributed by atoms with Crippen LogP contribution in [0.4, 0.5) is 0 Å². The Labute approximate surface area is 172 Å². The van der Waals surface area contributed by atoms with Crippen molar-refractivity contribution in [1.82, 2.24) is 10.2 Å². The van der Waals surface area contributed by atoms with E-state index in [1.807, 2.05) is 0 Å². The summed E-state index contributed by atoms with van der Waals surface area (Å²) in [6, 6.07) is 2.13. The molecule has 2 N–H and O–H groups in total. The van der Waals surface area contributed by atoms with Crippen molar-refractivity contribution in [2.75, 3.05) is 26.7 Å². The van der Waals surface area contributed by atoms with Crippen LogP contribution in [0.5, 0.6) is 11.5 Å². The second kappa shape index (κ2) is 5.64. The average molecular weight is 449 g/mol. The fourth-order valence-electron chi connectivity index (χ4n) is 6.44. The van der Waals surface area contributed by atoms with Crippen molar-refractivity contribution in [2.45, 2.75) is 55.3 Å². The summed E-state index contributed by atoms with van der Waals surface area (Å²) in [5.74, 6) is 1.91. The molecule has 6 rings (SSSR count). The van der Waals surface area contributed by atoms with Gasteiger partial charge in [-0.05, 0) is 72.1 Å². The maximum atomic E-state index is 13.0. The number of benzene rings is 1. The first kappa shape index (κ1) is 17.5. The summed E-state index contributed by atoms with van der Waals surface area (Å²) in [6.07, 6.45) is 3.95. The molecule has 1 saturated carbocycles. The lowest BCUT2D eigenvalue weighted by molar-refractivity contribution is -0.168. The quantitative estimate of drug-likeness (QED) is 0.736. The third-order valence-electron chi connectivity index (χ3n) is 7.81. The molecular weight excluding hydrogens is 424 g/mol. The Morgan fingerprint density at radius 1 is 1.43 bits per heavy atom. The molecule has 1 spiro atoms. The first-order valence-electron chi connectivity index (χ1n) is 10.3. The lowest BCUT2D eigenvalue weighted by Crippen LogP contribution is -2.74. The average Bonchev–Trinajstić information content (AvgIpc) is 3.41. The second-order valence-corrected chi connectivity index (χ2v) is 9.95. The molecule has 3 heterocycles. The SMILES string of the molecule is COc1c(Br)cc2c3c1O[C@H]1C(=O)NCC[C@@]4(O)[C@@H](C2)N(CC2CC2)CC[C@]314. The Kier molecular flexibility index (Phi) is 3.53. The van der Waals surface area contributed by atoms with Gasteiger partial charge in [0.15, 0.2) is 17.6 Å². The van der Waals surface area contributed by atoms with E-state index in [0.29, 0.717) is 24.5 Å². The number of aliphatic hydroxyl groups is 1. The lowest BCUT2D eigenvalue weighted by Gasteiger charge is -2.60. The third kappa shape index (κ3) is 1.98. The molecule has 150 valence electrons. The number of nitrogens with one attached hydrogen (secondary N) is 1. The van der Waals surface area contributed by atoms with Crippen molar-refractivity contribution in [3.05, 3.63) is 21.7 Å². The number of piperidine rings is 1. The van der Waals surface area contributed by atoms with Gasteiger partial charge in [0.1, 0.15) is 0 Å². The molecule has 0 radical (unpaired) electrons. The molecule has 0 aromatic heterocycles. The Balaban J connectivity index is 1.60. The maximum absolute atomic E-state index is 13.0. The summed E-state index contributed by atoms with van der Waals surface area (Å²) in [4.78, 5) is 15.5. The van der Waals surface area contributed by atoms with E-state index >= 15 is 0 Å². The molecule has 28 heavy (non-hydrogen) atoms. The molecule has 2 bridgehead atoms. The van der Waals surface area contributed by atoms with Gasteiger partial charge in [-0.1, -0.05) is 0 Å². The second-order valence-electron chi connectivity index (χ2n) is 9.10. The van der Waals surface area contributed by atoms with Gasteiger partial charge in [0.05, 0.1) is 22.6 Å². The highest BCUT2D eigenvalue weighted by Gasteiger charge is 2.72. The summed E-state index contributed by atoms with van der Waals surface area (Å²) < 4.78 is 12.8. The minimum Gasteiger partial charge on any atom is -0.492 e. The first-order chi connectivity index (χ1) is 13.5. The Morgan fingerprint density at radius 2 is 2.25 bits per heavy atom. The number of methoxy groups -OCH3 is 1. The molecule has 2 saturated heterocycles. The Morgan fingerprint density at radius 3 is 3.00 bits per heavy atom. The van der Waals surface area contributed by atoms with Crippen LogP contribution in [0, 0.1) is 5.92 Å². The van der Waals surface area contributed by atoms with E-state index in [-0.39, 0.29) is 11.9 Å². The predicted molar refractivity (Wildman–Crippen MR) is 106 cm³/mol. The zero-order chi connectivity index (χ0) is 19.3. The molecule has 5 aliphatic rings. The van der Waals surface area contributed by atoms with Gasteiger partial charge in [-0.15, -0.1) is 0 Å². The fraction of sp³-hybridized carbons (Fsp3) is 0.667. The maximum Gasteiger partial charge on any atom is 0.262 e. The van der Waals surface area contributed by atoms with Gasteiger partial charge in [0, 0.05) is 24.7 Å². The highest BCUT2D eigenvalue weighted by Crippen LogP contribution is 2.64. The topological polar surface area (TPSA) is 71.0 Å². The summed E-state index contributed by atoms with van der Waals surface area (Å²) in [7, 11) is 1.62. The number of halogens is 1. The number of nitrogens with zero attached hydrogens (tertiary/aromatic N) is 1. The Bertz CT molecular complexity index is 888. The van der Waals surface area contributed by atoms with Crippen LogP contribution < -0.4 is 14.8 Å². The van der Waals surface area contributed by atoms with Gasteiger partial charge >= 0.3 is 0 Å². The molecule has 1 aromatic carbocycles. The number of ether oxygens (including phenoxy) is 2. The summed E-state index contributed by atoms with van der Waals surface area (Å²) in [5, 5.41) is 15.3. The third-order valence-corrected chi connectivity index (χ3v) is 8.40. The summed E-state index contributed by atoms with van der Waals surface area (Å²) in [5.41, 5.74) is 0.505. The molecule has 7 heteroatoms. The standard InChI is InChI=1S/C21H25BrN2O4/c1-27-16-13(22)8-12-9-14-21(26)4-6-23-19(25)18-20(21,15(12)17(16)28-18)5-7-24(14)10-11-2-3-11/h8,11,14,18,26H,2-7,9-10H2,1H3,(H,23,25)/t14-,18+,20+,21-/m1/s1. The van der Waals surface area contributed by atoms with Crippen molar-refractivity contribution in [3.8, 4) is 11.5 Å². The van der Waals surface area contributed by atoms with E-state index in [0.717, 1.165) is 41.9 Å². The molecule has 0 unspecified atom stereocenters. The molecule has 6 nitrogen and oxygen atoms in total. The molecule has 3 fully saturated rings. The monoisotopic (exact) mass is 448 g/mol. The van der Waals surface area contributed by atoms with Gasteiger partial charge in [-0.3, -0.25) is 9.69 Å². The highest BCUT2D eigenvalue weighted by atomic mass is 79.9. The number of hydrogen-bond donors (Lipinski definition) is 2. The van der Waals surface area contributed by atoms with E-state index < -0.39 is 17.1 Å². The van der Waals surface area contributed by atoms with Crippen LogP contribution in [0.1, 0.15) is 36.8 Å². The largest absolute Gasteiger partial charge is 0.492 e. The first-order valence-corrected chi connectivity index (χ1v) is 11.1. The zero-order valence-corrected chi connectivity index (χ0v) is 17.5. The normalized spacial score (nSPS) is 38.3. The Hall–Kier alpha value is -1.31. The zero-order valence-electron chi connectivity index (χ0n) is 16.0. The molecule has 3 aliphatic heterocycles. The smallest absolute Gasteiger partial charge is 0.262 e. The van der Waals surface area contributed by atoms with Crippen molar-refractivity contribution < 1.29 is 19.4 Å². The van der Waals surface area contributed by atoms with Gasteiger partial charge in [0.25, 0.3) is 5.91 Å². The molecule has 4 atom stereocenters. The summed E-state index contributed by atoms with van der Waals surface area (Å²) in [6.45, 7) is 2.44. The minimum absolute atomic E-state index is 0.0133. The van der Waals surface area contributed by atoms with E-state index in [9.17, 15) is 9.90 Å². The van der Waals surface area contributed by atoms with Crippen LogP contribution >= 0.6 is 15.9 Å². The van der Waals surface area contributed by atoms with Crippen molar-refractivity contribution >= 4 is 21.8 Å². The molecule has 2 aliphatic carbocycles. The van der Waals surface area contributed by atoms with Crippen molar-refractivity contribution in [3.63, 3.8) is 0 Å². The van der Waals surface area contributed by atoms with E-state index in [4.69, 9.17) is 9.47 Å². The molecule has 1 amide bonds. The number of rotatable bonds is 3. The number of hydrogen-bond acceptors (Lipinski definition) is 5. The number of carbonyl (C=O) groups is 1. The van der Waals surface area contributed by atoms with E-state index in [2.05, 4.69) is 32.2 Å². The van der Waals surface area contributed by atoms with Crippen molar-refractivity contribution in [1.29, 1.82) is 0 Å². The fourth-order valence-corrected chi connectivity index (χ4v) is 7.06. The van der Waals surface area contributed by atoms with Gasteiger partial charge < -0.3 is 19.9 Å².